The van der Waals surface area contributed by atoms with Crippen molar-refractivity contribution in [3.8, 4) is 11.8 Å². The highest BCUT2D eigenvalue weighted by Gasteiger charge is 2.06. The van der Waals surface area contributed by atoms with Crippen LogP contribution in [0.15, 0.2) is 18.2 Å². The number of hydrogen-bond acceptors (Lipinski definition) is 3. The molecule has 0 aromatic heterocycles. The maximum Gasteiger partial charge on any atom is 0.124 e. The molecule has 0 spiro atoms. The fourth-order valence-corrected chi connectivity index (χ4v) is 1.98. The first-order valence-electron chi connectivity index (χ1n) is 6.85. The van der Waals surface area contributed by atoms with Gasteiger partial charge in [-0.15, -0.1) is 0 Å². The van der Waals surface area contributed by atoms with Gasteiger partial charge in [0.25, 0.3) is 0 Å². The van der Waals surface area contributed by atoms with Gasteiger partial charge in [0, 0.05) is 18.7 Å². The van der Waals surface area contributed by atoms with E-state index in [2.05, 4.69) is 16.7 Å². The summed E-state index contributed by atoms with van der Waals surface area (Å²) < 4.78 is 13.2. The molecule has 0 fully saturated rings. The van der Waals surface area contributed by atoms with Crippen molar-refractivity contribution < 1.29 is 14.6 Å². The molecule has 4 heteroatoms. The van der Waals surface area contributed by atoms with Crippen LogP contribution in [0, 0.1) is 17.7 Å². The zero-order valence-electron chi connectivity index (χ0n) is 11.9. The lowest BCUT2D eigenvalue weighted by molar-refractivity contribution is 0.271. The number of benzene rings is 1. The quantitative estimate of drug-likeness (QED) is 0.590. The van der Waals surface area contributed by atoms with Gasteiger partial charge in [0.15, 0.2) is 0 Å². The zero-order valence-corrected chi connectivity index (χ0v) is 11.9. The summed E-state index contributed by atoms with van der Waals surface area (Å²) in [6.07, 6.45) is 2.86. The van der Waals surface area contributed by atoms with Crippen LogP contribution in [0.3, 0.4) is 0 Å². The Morgan fingerprint density at radius 2 is 2.00 bits per heavy atom. The second-order valence-electron chi connectivity index (χ2n) is 4.78. The Hall–Kier alpha value is -1.41. The van der Waals surface area contributed by atoms with Gasteiger partial charge in [0.05, 0.1) is 0 Å². The average molecular weight is 279 g/mol. The van der Waals surface area contributed by atoms with Crippen molar-refractivity contribution in [2.24, 2.45) is 0 Å². The molecule has 0 unspecified atom stereocenters. The van der Waals surface area contributed by atoms with Gasteiger partial charge in [-0.05, 0) is 50.6 Å². The van der Waals surface area contributed by atoms with E-state index in [0.29, 0.717) is 12.1 Å². The van der Waals surface area contributed by atoms with E-state index in [0.717, 1.165) is 31.4 Å². The molecule has 3 nitrogen and oxygen atoms in total. The van der Waals surface area contributed by atoms with Gasteiger partial charge in [-0.3, -0.25) is 0 Å². The zero-order chi connectivity index (χ0) is 14.8. The van der Waals surface area contributed by atoms with Crippen molar-refractivity contribution in [2.75, 3.05) is 26.8 Å². The van der Waals surface area contributed by atoms with E-state index in [4.69, 9.17) is 10.2 Å². The van der Waals surface area contributed by atoms with Crippen LogP contribution in [0.1, 0.15) is 30.4 Å². The maximum absolute atomic E-state index is 13.2. The van der Waals surface area contributed by atoms with E-state index in [9.17, 15) is 4.39 Å². The van der Waals surface area contributed by atoms with Crippen molar-refractivity contribution in [1.29, 1.82) is 0 Å². The highest BCUT2D eigenvalue weighted by molar-refractivity contribution is 5.41. The third kappa shape index (κ3) is 6.16. The smallest absolute Gasteiger partial charge is 0.124 e. The Labute approximate surface area is 120 Å². The van der Waals surface area contributed by atoms with Crippen molar-refractivity contribution in [1.82, 2.24) is 4.90 Å². The van der Waals surface area contributed by atoms with Crippen LogP contribution in [0.2, 0.25) is 0 Å². The van der Waals surface area contributed by atoms with E-state index in [1.807, 2.05) is 7.05 Å². The number of halogens is 1. The second kappa shape index (κ2) is 9.49. The Kier molecular flexibility index (Phi) is 7.89. The third-order valence-electron chi connectivity index (χ3n) is 3.01. The fraction of sp³-hybridized carbons (Fsp3) is 0.500. The molecule has 0 saturated carbocycles. The minimum Gasteiger partial charge on any atom is -0.396 e. The first-order chi connectivity index (χ1) is 9.67. The normalized spacial score (nSPS) is 10.4. The molecule has 110 valence electrons. The highest BCUT2D eigenvalue weighted by Crippen LogP contribution is 2.13. The summed E-state index contributed by atoms with van der Waals surface area (Å²) in [5.41, 5.74) is 1.58. The summed E-state index contributed by atoms with van der Waals surface area (Å²) in [5, 5.41) is 17.5. The van der Waals surface area contributed by atoms with E-state index < -0.39 is 0 Å². The van der Waals surface area contributed by atoms with Gasteiger partial charge in [-0.25, -0.2) is 4.39 Å². The van der Waals surface area contributed by atoms with Crippen LogP contribution in [0.25, 0.3) is 0 Å². The lowest BCUT2D eigenvalue weighted by Crippen LogP contribution is -2.19. The molecular formula is C16H22FNO2. The Morgan fingerprint density at radius 1 is 1.20 bits per heavy atom. The SMILES string of the molecule is CN(CCCCCO)Cc1ccc(F)cc1C#CCO. The minimum absolute atomic E-state index is 0.229. The molecule has 2 N–H and O–H groups in total. The van der Waals surface area contributed by atoms with Gasteiger partial charge < -0.3 is 15.1 Å². The molecule has 1 aromatic rings. The maximum atomic E-state index is 13.2. The van der Waals surface area contributed by atoms with Gasteiger partial charge >= 0.3 is 0 Å². The largest absolute Gasteiger partial charge is 0.396 e. The topological polar surface area (TPSA) is 43.7 Å². The molecule has 0 saturated heterocycles. The van der Waals surface area contributed by atoms with E-state index >= 15 is 0 Å². The van der Waals surface area contributed by atoms with Crippen molar-refractivity contribution >= 4 is 0 Å². The predicted octanol–water partition coefficient (Wildman–Crippen LogP) is 1.76. The molecular weight excluding hydrogens is 257 g/mol. The van der Waals surface area contributed by atoms with Gasteiger partial charge in [0.2, 0.25) is 0 Å². The first-order valence-corrected chi connectivity index (χ1v) is 6.85. The van der Waals surface area contributed by atoms with Crippen LogP contribution < -0.4 is 0 Å². The second-order valence-corrected chi connectivity index (χ2v) is 4.78. The number of nitrogens with zero attached hydrogens (tertiary/aromatic N) is 1. The number of aliphatic hydroxyl groups is 2. The first kappa shape index (κ1) is 16.6. The van der Waals surface area contributed by atoms with E-state index in [1.165, 1.54) is 12.1 Å². The van der Waals surface area contributed by atoms with E-state index in [-0.39, 0.29) is 19.0 Å². The highest BCUT2D eigenvalue weighted by atomic mass is 19.1. The monoisotopic (exact) mass is 279 g/mol. The van der Waals surface area contributed by atoms with Crippen molar-refractivity contribution in [2.45, 2.75) is 25.8 Å². The molecule has 0 amide bonds. The predicted molar refractivity (Wildman–Crippen MR) is 77.6 cm³/mol. The van der Waals surface area contributed by atoms with Crippen LogP contribution >= 0.6 is 0 Å². The molecule has 0 aliphatic carbocycles. The Balaban J connectivity index is 2.61. The summed E-state index contributed by atoms with van der Waals surface area (Å²) in [7, 11) is 2.01. The van der Waals surface area contributed by atoms with Crippen molar-refractivity contribution in [3.63, 3.8) is 0 Å². The molecule has 0 bridgehead atoms. The Bertz CT molecular complexity index is 465. The van der Waals surface area contributed by atoms with E-state index in [1.54, 1.807) is 6.07 Å². The molecule has 0 atom stereocenters. The number of aliphatic hydroxyl groups excluding tert-OH is 2. The Morgan fingerprint density at radius 3 is 2.70 bits per heavy atom. The van der Waals surface area contributed by atoms with Crippen LogP contribution in [0.5, 0.6) is 0 Å². The number of hydrogen-bond donors (Lipinski definition) is 2. The lowest BCUT2D eigenvalue weighted by Gasteiger charge is -2.17. The average Bonchev–Trinajstić information content (AvgIpc) is 2.44. The molecule has 0 radical (unpaired) electrons. The molecule has 0 heterocycles. The standard InChI is InChI=1S/C16H22FNO2/c1-18(9-3-2-4-10-19)13-15-7-8-16(17)12-14(15)6-5-11-20/h7-8,12,19-20H,2-4,9-11,13H2,1H3. The number of rotatable bonds is 7. The molecule has 0 aliphatic heterocycles. The minimum atomic E-state index is -0.318. The van der Waals surface area contributed by atoms with Crippen LogP contribution in [0.4, 0.5) is 4.39 Å². The summed E-state index contributed by atoms with van der Waals surface area (Å²) in [6, 6.07) is 4.57. The van der Waals surface area contributed by atoms with Gasteiger partial charge in [-0.1, -0.05) is 17.9 Å². The fourth-order valence-electron chi connectivity index (χ4n) is 1.98. The molecule has 1 aromatic carbocycles. The lowest BCUT2D eigenvalue weighted by atomic mass is 10.1. The number of unbranched alkanes of at least 4 members (excludes halogenated alkanes) is 2. The molecule has 20 heavy (non-hydrogen) atoms. The summed E-state index contributed by atoms with van der Waals surface area (Å²) in [5.74, 6) is 5.03. The molecule has 0 aliphatic rings. The van der Waals surface area contributed by atoms with Crippen LogP contribution in [-0.4, -0.2) is 41.9 Å². The van der Waals surface area contributed by atoms with Crippen LogP contribution in [-0.2, 0) is 6.54 Å². The summed E-state index contributed by atoms with van der Waals surface area (Å²) >= 11 is 0. The third-order valence-corrected chi connectivity index (χ3v) is 3.01. The van der Waals surface area contributed by atoms with Gasteiger partial charge in [-0.2, -0.15) is 0 Å². The van der Waals surface area contributed by atoms with Crippen molar-refractivity contribution in [3.05, 3.63) is 35.1 Å². The summed E-state index contributed by atoms with van der Waals surface area (Å²) in [6.45, 7) is 1.62. The molecule has 1 rings (SSSR count). The van der Waals surface area contributed by atoms with Gasteiger partial charge in [0.1, 0.15) is 12.4 Å². The summed E-state index contributed by atoms with van der Waals surface area (Å²) in [4.78, 5) is 2.15.